The molecule has 0 saturated heterocycles. The third kappa shape index (κ3) is 4.41. The highest BCUT2D eigenvalue weighted by Crippen LogP contribution is 2.38. The molecule has 0 unspecified atom stereocenters. The number of carbonyl (C=O) groups excluding carboxylic acids is 1. The molecule has 0 aliphatic rings. The number of methoxy groups -OCH3 is 1. The smallest absolute Gasteiger partial charge is 0.313 e. The number of benzene rings is 3. The van der Waals surface area contributed by atoms with Crippen molar-refractivity contribution >= 4 is 5.97 Å². The van der Waals surface area contributed by atoms with Crippen LogP contribution in [0.1, 0.15) is 42.6 Å². The molecular formula is C25H25F2NO2. The maximum Gasteiger partial charge on any atom is 0.313 e. The Kier molecular flexibility index (Phi) is 6.63. The molecule has 0 aliphatic heterocycles. The van der Waals surface area contributed by atoms with E-state index in [0.717, 1.165) is 5.56 Å². The van der Waals surface area contributed by atoms with E-state index in [1.807, 2.05) is 30.3 Å². The lowest BCUT2D eigenvalue weighted by Gasteiger charge is -2.36. The highest BCUT2D eigenvalue weighted by atomic mass is 19.1. The van der Waals surface area contributed by atoms with E-state index >= 15 is 0 Å². The fraction of sp³-hybridized carbons (Fsp3) is 0.240. The van der Waals surface area contributed by atoms with Gasteiger partial charge in [-0.15, -0.1) is 0 Å². The van der Waals surface area contributed by atoms with Crippen LogP contribution in [0.15, 0.2) is 78.9 Å². The molecule has 0 amide bonds. The van der Waals surface area contributed by atoms with Gasteiger partial charge in [0.2, 0.25) is 0 Å². The van der Waals surface area contributed by atoms with Crippen LogP contribution in [0.25, 0.3) is 0 Å². The van der Waals surface area contributed by atoms with Gasteiger partial charge in [-0.2, -0.15) is 0 Å². The zero-order chi connectivity index (χ0) is 21.7. The number of nitrogens with one attached hydrogen (secondary N) is 1. The zero-order valence-electron chi connectivity index (χ0n) is 17.2. The fourth-order valence-electron chi connectivity index (χ4n) is 3.68. The molecule has 0 saturated carbocycles. The molecule has 0 bridgehead atoms. The Labute approximate surface area is 175 Å². The van der Waals surface area contributed by atoms with Gasteiger partial charge in [-0.25, -0.2) is 8.78 Å². The SMILES string of the molecule is COC(=O)C(C)(C)[C@@H](NC(c1ccccc1F)c1ccccc1F)c1ccccc1. The number of halogens is 2. The Morgan fingerprint density at radius 2 is 1.30 bits per heavy atom. The van der Waals surface area contributed by atoms with Crippen molar-refractivity contribution in [1.82, 2.24) is 5.32 Å². The Morgan fingerprint density at radius 3 is 1.77 bits per heavy atom. The second-order valence-electron chi connectivity index (χ2n) is 7.70. The molecule has 0 radical (unpaired) electrons. The summed E-state index contributed by atoms with van der Waals surface area (Å²) in [6.45, 7) is 3.51. The molecule has 0 aromatic heterocycles. The van der Waals surface area contributed by atoms with Gasteiger partial charge in [0.1, 0.15) is 11.6 Å². The van der Waals surface area contributed by atoms with Gasteiger partial charge in [-0.3, -0.25) is 10.1 Å². The van der Waals surface area contributed by atoms with Crippen molar-refractivity contribution in [3.63, 3.8) is 0 Å². The lowest BCUT2D eigenvalue weighted by Crippen LogP contribution is -2.42. The summed E-state index contributed by atoms with van der Waals surface area (Å²) in [5, 5.41) is 3.36. The Bertz CT molecular complexity index is 959. The van der Waals surface area contributed by atoms with Crippen molar-refractivity contribution in [2.24, 2.45) is 5.41 Å². The molecular weight excluding hydrogens is 384 g/mol. The third-order valence-electron chi connectivity index (χ3n) is 5.33. The van der Waals surface area contributed by atoms with E-state index in [-0.39, 0.29) is 0 Å². The van der Waals surface area contributed by atoms with Crippen LogP contribution in [0.4, 0.5) is 8.78 Å². The van der Waals surface area contributed by atoms with Crippen LogP contribution in [0, 0.1) is 17.0 Å². The first-order valence-corrected chi connectivity index (χ1v) is 9.74. The average molecular weight is 409 g/mol. The highest BCUT2D eigenvalue weighted by molar-refractivity contribution is 5.77. The largest absolute Gasteiger partial charge is 0.469 e. The van der Waals surface area contributed by atoms with Crippen LogP contribution in [0.3, 0.4) is 0 Å². The molecule has 1 atom stereocenters. The minimum atomic E-state index is -1.01. The number of rotatable bonds is 7. The van der Waals surface area contributed by atoms with Gasteiger partial charge in [0.05, 0.1) is 18.6 Å². The molecule has 0 spiro atoms. The molecule has 5 heteroatoms. The van der Waals surface area contributed by atoms with Crippen molar-refractivity contribution in [1.29, 1.82) is 0 Å². The topological polar surface area (TPSA) is 38.3 Å². The summed E-state index contributed by atoms with van der Waals surface area (Å²) < 4.78 is 34.6. The summed E-state index contributed by atoms with van der Waals surface area (Å²) in [6, 6.07) is 20.5. The molecule has 0 fully saturated rings. The van der Waals surface area contributed by atoms with E-state index in [1.54, 1.807) is 50.2 Å². The number of hydrogen-bond acceptors (Lipinski definition) is 3. The minimum Gasteiger partial charge on any atom is -0.469 e. The third-order valence-corrected chi connectivity index (χ3v) is 5.33. The summed E-state index contributed by atoms with van der Waals surface area (Å²) in [6.07, 6.45) is 0. The van der Waals surface area contributed by atoms with Crippen molar-refractivity contribution in [3.8, 4) is 0 Å². The Balaban J connectivity index is 2.15. The van der Waals surface area contributed by atoms with E-state index in [4.69, 9.17) is 4.74 Å². The van der Waals surface area contributed by atoms with Gasteiger partial charge in [-0.1, -0.05) is 66.7 Å². The quantitative estimate of drug-likeness (QED) is 0.518. The normalized spacial score (nSPS) is 12.6. The van der Waals surface area contributed by atoms with Crippen LogP contribution in [0.2, 0.25) is 0 Å². The summed E-state index contributed by atoms with van der Waals surface area (Å²) in [7, 11) is 1.33. The molecule has 0 heterocycles. The Hall–Kier alpha value is -3.05. The number of carbonyl (C=O) groups is 1. The number of ether oxygens (including phenoxy) is 1. The van der Waals surface area contributed by atoms with E-state index in [2.05, 4.69) is 5.32 Å². The molecule has 3 nitrogen and oxygen atoms in total. The van der Waals surface area contributed by atoms with Crippen molar-refractivity contribution in [2.45, 2.75) is 25.9 Å². The van der Waals surface area contributed by atoms with Crippen LogP contribution >= 0.6 is 0 Å². The molecule has 3 aromatic carbocycles. The molecule has 3 rings (SSSR count). The van der Waals surface area contributed by atoms with Gasteiger partial charge in [0.25, 0.3) is 0 Å². The van der Waals surface area contributed by atoms with Crippen LogP contribution < -0.4 is 5.32 Å². The summed E-state index contributed by atoms with van der Waals surface area (Å²) in [4.78, 5) is 12.6. The monoisotopic (exact) mass is 409 g/mol. The van der Waals surface area contributed by atoms with Gasteiger partial charge in [0.15, 0.2) is 0 Å². The minimum absolute atomic E-state index is 0.296. The van der Waals surface area contributed by atoms with E-state index in [0.29, 0.717) is 11.1 Å². The predicted octanol–water partition coefficient (Wildman–Crippen LogP) is 5.58. The first-order chi connectivity index (χ1) is 14.4. The van der Waals surface area contributed by atoms with Gasteiger partial charge < -0.3 is 4.74 Å². The molecule has 0 aliphatic carbocycles. The maximum absolute atomic E-state index is 14.8. The zero-order valence-corrected chi connectivity index (χ0v) is 17.2. The second kappa shape index (κ2) is 9.18. The highest BCUT2D eigenvalue weighted by Gasteiger charge is 2.40. The summed E-state index contributed by atoms with van der Waals surface area (Å²) in [5.41, 5.74) is 0.393. The van der Waals surface area contributed by atoms with Gasteiger partial charge in [0, 0.05) is 17.2 Å². The fourth-order valence-corrected chi connectivity index (χ4v) is 3.68. The molecule has 1 N–H and O–H groups in total. The van der Waals surface area contributed by atoms with E-state index in [9.17, 15) is 13.6 Å². The lowest BCUT2D eigenvalue weighted by atomic mass is 9.79. The van der Waals surface area contributed by atoms with Crippen LogP contribution in [-0.4, -0.2) is 13.1 Å². The van der Waals surface area contributed by atoms with Crippen LogP contribution in [-0.2, 0) is 9.53 Å². The number of esters is 1. The van der Waals surface area contributed by atoms with Gasteiger partial charge in [-0.05, 0) is 31.5 Å². The van der Waals surface area contributed by atoms with Crippen molar-refractivity contribution < 1.29 is 18.3 Å². The first-order valence-electron chi connectivity index (χ1n) is 9.74. The van der Waals surface area contributed by atoms with Crippen molar-refractivity contribution in [2.75, 3.05) is 7.11 Å². The van der Waals surface area contributed by atoms with Crippen molar-refractivity contribution in [3.05, 3.63) is 107 Å². The molecule has 3 aromatic rings. The predicted molar refractivity (Wildman–Crippen MR) is 113 cm³/mol. The first kappa shape index (κ1) is 21.7. The average Bonchev–Trinajstić information content (AvgIpc) is 2.76. The molecule has 156 valence electrons. The van der Waals surface area contributed by atoms with Gasteiger partial charge >= 0.3 is 5.97 Å². The summed E-state index contributed by atoms with van der Waals surface area (Å²) in [5.74, 6) is -1.34. The Morgan fingerprint density at radius 1 is 0.833 bits per heavy atom. The van der Waals surface area contributed by atoms with E-state index < -0.39 is 35.1 Å². The van der Waals surface area contributed by atoms with E-state index in [1.165, 1.54) is 19.2 Å². The summed E-state index contributed by atoms with van der Waals surface area (Å²) >= 11 is 0. The number of hydrogen-bond donors (Lipinski definition) is 1. The standard InChI is InChI=1S/C25H25F2NO2/c1-25(2,24(29)30-3)23(17-11-5-4-6-12-17)28-22(18-13-7-9-15-20(18)26)19-14-8-10-16-21(19)27/h4-16,22-23,28H,1-3H3/t23-/m0/s1. The van der Waals surface area contributed by atoms with Crippen LogP contribution in [0.5, 0.6) is 0 Å². The lowest BCUT2D eigenvalue weighted by molar-refractivity contribution is -0.152. The maximum atomic E-state index is 14.8. The molecule has 30 heavy (non-hydrogen) atoms. The second-order valence-corrected chi connectivity index (χ2v) is 7.70.